The fraction of sp³-hybridized carbons (Fsp3) is 0.235. The van der Waals surface area contributed by atoms with Gasteiger partial charge in [-0.1, -0.05) is 30.3 Å². The Kier molecular flexibility index (Phi) is 4.18. The Bertz CT molecular complexity index is 725. The summed E-state index contributed by atoms with van der Waals surface area (Å²) in [5.41, 5.74) is 0.715. The molecule has 0 atom stereocenters. The van der Waals surface area contributed by atoms with Crippen molar-refractivity contribution in [1.29, 1.82) is 0 Å². The maximum absolute atomic E-state index is 9.40. The van der Waals surface area contributed by atoms with Crippen LogP contribution in [0.4, 0.5) is 5.82 Å². The van der Waals surface area contributed by atoms with E-state index < -0.39 is 0 Å². The molecular weight excluding hydrogens is 280 g/mol. The highest BCUT2D eigenvalue weighted by molar-refractivity contribution is 7.09. The predicted octanol–water partition coefficient (Wildman–Crippen LogP) is 3.47. The monoisotopic (exact) mass is 298 g/mol. The standard InChI is InChI=1S/C17H18N2OS/c1-19(9-8-15-6-4-10-21-15)17-16-7-3-2-5-13(16)11-14(12-20)18-17/h2-7,10-11,20H,8-9,12H2,1H3. The zero-order valence-electron chi connectivity index (χ0n) is 12.0. The lowest BCUT2D eigenvalue weighted by Crippen LogP contribution is -2.22. The molecule has 0 amide bonds. The first-order valence-electron chi connectivity index (χ1n) is 7.01. The normalized spacial score (nSPS) is 11.0. The number of hydrogen-bond donors (Lipinski definition) is 1. The Labute approximate surface area is 128 Å². The molecule has 0 bridgehead atoms. The molecule has 108 valence electrons. The molecular formula is C17H18N2OS. The number of anilines is 1. The van der Waals surface area contributed by atoms with Crippen LogP contribution in [-0.2, 0) is 13.0 Å². The summed E-state index contributed by atoms with van der Waals surface area (Å²) in [7, 11) is 2.06. The number of aliphatic hydroxyl groups is 1. The molecule has 0 radical (unpaired) electrons. The van der Waals surface area contributed by atoms with Gasteiger partial charge in [-0.2, -0.15) is 0 Å². The number of aliphatic hydroxyl groups excluding tert-OH is 1. The molecule has 0 aliphatic rings. The fourth-order valence-corrected chi connectivity index (χ4v) is 3.14. The second-order valence-corrected chi connectivity index (χ2v) is 6.10. The molecule has 2 heterocycles. The molecule has 21 heavy (non-hydrogen) atoms. The van der Waals surface area contributed by atoms with Gasteiger partial charge >= 0.3 is 0 Å². The summed E-state index contributed by atoms with van der Waals surface area (Å²) >= 11 is 1.78. The van der Waals surface area contributed by atoms with Gasteiger partial charge in [0.25, 0.3) is 0 Å². The lowest BCUT2D eigenvalue weighted by Gasteiger charge is -2.20. The largest absolute Gasteiger partial charge is 0.390 e. The average Bonchev–Trinajstić information content (AvgIpc) is 3.05. The number of fused-ring (bicyclic) bond motifs is 1. The summed E-state index contributed by atoms with van der Waals surface area (Å²) in [6, 6.07) is 14.4. The van der Waals surface area contributed by atoms with Crippen LogP contribution < -0.4 is 4.90 Å². The van der Waals surface area contributed by atoms with Crippen LogP contribution in [0.2, 0.25) is 0 Å². The van der Waals surface area contributed by atoms with E-state index in [1.54, 1.807) is 11.3 Å². The molecule has 3 rings (SSSR count). The van der Waals surface area contributed by atoms with Crippen LogP contribution in [0, 0.1) is 0 Å². The topological polar surface area (TPSA) is 36.4 Å². The highest BCUT2D eigenvalue weighted by Crippen LogP contribution is 2.25. The number of rotatable bonds is 5. The number of pyridine rings is 1. The molecule has 3 nitrogen and oxygen atoms in total. The van der Waals surface area contributed by atoms with Gasteiger partial charge in [-0.25, -0.2) is 4.98 Å². The van der Waals surface area contributed by atoms with Gasteiger partial charge in [-0.3, -0.25) is 0 Å². The molecule has 0 saturated carbocycles. The van der Waals surface area contributed by atoms with Crippen molar-refractivity contribution in [2.45, 2.75) is 13.0 Å². The molecule has 2 aromatic heterocycles. The molecule has 0 unspecified atom stereocenters. The summed E-state index contributed by atoms with van der Waals surface area (Å²) < 4.78 is 0. The van der Waals surface area contributed by atoms with E-state index in [0.29, 0.717) is 5.69 Å². The third kappa shape index (κ3) is 3.06. The van der Waals surface area contributed by atoms with E-state index in [1.165, 1.54) is 4.88 Å². The van der Waals surface area contributed by atoms with E-state index in [1.807, 2.05) is 18.2 Å². The van der Waals surface area contributed by atoms with Gasteiger partial charge in [-0.05, 0) is 29.3 Å². The summed E-state index contributed by atoms with van der Waals surface area (Å²) in [5.74, 6) is 0.939. The quantitative estimate of drug-likeness (QED) is 0.783. The summed E-state index contributed by atoms with van der Waals surface area (Å²) in [4.78, 5) is 8.15. The summed E-state index contributed by atoms with van der Waals surface area (Å²) in [6.45, 7) is 0.878. The first-order chi connectivity index (χ1) is 10.3. The zero-order valence-corrected chi connectivity index (χ0v) is 12.8. The van der Waals surface area contributed by atoms with Crippen molar-refractivity contribution >= 4 is 27.9 Å². The van der Waals surface area contributed by atoms with Crippen molar-refractivity contribution in [3.05, 3.63) is 58.4 Å². The van der Waals surface area contributed by atoms with Gasteiger partial charge in [-0.15, -0.1) is 11.3 Å². The van der Waals surface area contributed by atoms with E-state index in [2.05, 4.69) is 46.6 Å². The Morgan fingerprint density at radius 3 is 2.81 bits per heavy atom. The molecule has 1 aromatic carbocycles. The molecule has 3 aromatic rings. The Hall–Kier alpha value is -1.91. The van der Waals surface area contributed by atoms with Gasteiger partial charge in [0, 0.05) is 23.9 Å². The van der Waals surface area contributed by atoms with Crippen molar-refractivity contribution in [2.24, 2.45) is 0 Å². The number of nitrogens with zero attached hydrogens (tertiary/aromatic N) is 2. The minimum atomic E-state index is -0.0312. The maximum atomic E-state index is 9.40. The smallest absolute Gasteiger partial charge is 0.136 e. The van der Waals surface area contributed by atoms with Crippen LogP contribution in [-0.4, -0.2) is 23.7 Å². The van der Waals surface area contributed by atoms with E-state index in [4.69, 9.17) is 0 Å². The summed E-state index contributed by atoms with van der Waals surface area (Å²) in [5, 5.41) is 13.8. The SMILES string of the molecule is CN(CCc1cccs1)c1nc(CO)cc2ccccc12. The minimum Gasteiger partial charge on any atom is -0.390 e. The lowest BCUT2D eigenvalue weighted by molar-refractivity contribution is 0.277. The third-order valence-electron chi connectivity index (χ3n) is 3.57. The molecule has 0 spiro atoms. The molecule has 0 aliphatic heterocycles. The Morgan fingerprint density at radius 1 is 1.19 bits per heavy atom. The van der Waals surface area contributed by atoms with Crippen molar-refractivity contribution in [3.8, 4) is 0 Å². The van der Waals surface area contributed by atoms with Crippen molar-refractivity contribution in [2.75, 3.05) is 18.5 Å². The molecule has 0 saturated heterocycles. The number of likely N-dealkylation sites (N-methyl/N-ethyl adjacent to an activating group) is 1. The van der Waals surface area contributed by atoms with Crippen LogP contribution in [0.5, 0.6) is 0 Å². The number of aromatic nitrogens is 1. The first kappa shape index (κ1) is 14.0. The molecule has 0 fully saturated rings. The highest BCUT2D eigenvalue weighted by Gasteiger charge is 2.10. The van der Waals surface area contributed by atoms with Crippen LogP contribution in [0.1, 0.15) is 10.6 Å². The minimum absolute atomic E-state index is 0.0312. The molecule has 0 aliphatic carbocycles. The van der Waals surface area contributed by atoms with Crippen LogP contribution in [0.25, 0.3) is 10.8 Å². The molecule has 4 heteroatoms. The van der Waals surface area contributed by atoms with Crippen molar-refractivity contribution in [3.63, 3.8) is 0 Å². The summed E-state index contributed by atoms with van der Waals surface area (Å²) in [6.07, 6.45) is 1.01. The van der Waals surface area contributed by atoms with Gasteiger partial charge in [0.05, 0.1) is 12.3 Å². The number of hydrogen-bond acceptors (Lipinski definition) is 4. The van der Waals surface area contributed by atoms with Crippen molar-refractivity contribution < 1.29 is 5.11 Å². The Morgan fingerprint density at radius 2 is 2.05 bits per heavy atom. The van der Waals surface area contributed by atoms with Gasteiger partial charge < -0.3 is 10.0 Å². The number of benzene rings is 1. The average molecular weight is 298 g/mol. The maximum Gasteiger partial charge on any atom is 0.136 e. The van der Waals surface area contributed by atoms with E-state index in [-0.39, 0.29) is 6.61 Å². The molecule has 1 N–H and O–H groups in total. The van der Waals surface area contributed by atoms with E-state index in [0.717, 1.165) is 29.6 Å². The Balaban J connectivity index is 1.90. The lowest BCUT2D eigenvalue weighted by atomic mass is 10.1. The number of thiophene rings is 1. The zero-order chi connectivity index (χ0) is 14.7. The van der Waals surface area contributed by atoms with Crippen molar-refractivity contribution in [1.82, 2.24) is 4.98 Å². The second-order valence-electron chi connectivity index (χ2n) is 5.07. The highest BCUT2D eigenvalue weighted by atomic mass is 32.1. The first-order valence-corrected chi connectivity index (χ1v) is 7.89. The van der Waals surface area contributed by atoms with E-state index in [9.17, 15) is 5.11 Å². The van der Waals surface area contributed by atoms with E-state index >= 15 is 0 Å². The van der Waals surface area contributed by atoms with Crippen LogP contribution in [0.15, 0.2) is 47.8 Å². The van der Waals surface area contributed by atoms with Crippen LogP contribution >= 0.6 is 11.3 Å². The second kappa shape index (κ2) is 6.24. The third-order valence-corrected chi connectivity index (χ3v) is 4.51. The van der Waals surface area contributed by atoms with Gasteiger partial charge in [0.15, 0.2) is 0 Å². The van der Waals surface area contributed by atoms with Crippen LogP contribution in [0.3, 0.4) is 0 Å². The van der Waals surface area contributed by atoms with Gasteiger partial charge in [0.2, 0.25) is 0 Å². The fourth-order valence-electron chi connectivity index (χ4n) is 2.45. The van der Waals surface area contributed by atoms with Gasteiger partial charge in [0.1, 0.15) is 5.82 Å². The predicted molar refractivity (Wildman–Crippen MR) is 89.0 cm³/mol.